The van der Waals surface area contributed by atoms with E-state index in [1.807, 2.05) is 30.3 Å². The fourth-order valence-corrected chi connectivity index (χ4v) is 3.19. The van der Waals surface area contributed by atoms with Gasteiger partial charge in [0.2, 0.25) is 5.91 Å². The van der Waals surface area contributed by atoms with Crippen molar-refractivity contribution in [3.8, 4) is 0 Å². The van der Waals surface area contributed by atoms with E-state index in [2.05, 4.69) is 15.6 Å². The minimum Gasteiger partial charge on any atom is -0.301 e. The summed E-state index contributed by atoms with van der Waals surface area (Å²) in [5.41, 5.74) is 1.15. The number of hydrogen-bond acceptors (Lipinski definition) is 4. The Bertz CT molecular complexity index is 666. The van der Waals surface area contributed by atoms with Crippen LogP contribution >= 0.6 is 23.7 Å². The second-order valence-corrected chi connectivity index (χ2v) is 6.39. The standard InChI is InChI=1S/C15H15F2N3OS.ClH/c16-15(17)7-12(19-9-15)13(21)20-14-18-8-11(22-14)6-10-4-2-1-3-5-10;/h1-5,8,12,19H,6-7,9H2,(H,18,20,21);1H. The molecular formula is C15H16ClF2N3OS. The fourth-order valence-electron chi connectivity index (χ4n) is 2.34. The molecule has 0 saturated carbocycles. The molecule has 1 aromatic heterocycles. The van der Waals surface area contributed by atoms with Gasteiger partial charge < -0.3 is 5.32 Å². The van der Waals surface area contributed by atoms with Gasteiger partial charge in [-0.2, -0.15) is 0 Å². The second-order valence-electron chi connectivity index (χ2n) is 5.28. The first kappa shape index (κ1) is 17.8. The summed E-state index contributed by atoms with van der Waals surface area (Å²) < 4.78 is 26.2. The average Bonchev–Trinajstić information content (AvgIpc) is 3.06. The molecule has 1 amide bonds. The maximum atomic E-state index is 13.1. The number of hydrogen-bond donors (Lipinski definition) is 2. The molecule has 0 spiro atoms. The van der Waals surface area contributed by atoms with E-state index in [-0.39, 0.29) is 12.4 Å². The molecule has 2 N–H and O–H groups in total. The first-order valence-corrected chi connectivity index (χ1v) is 7.74. The summed E-state index contributed by atoms with van der Waals surface area (Å²) in [6, 6.07) is 9.05. The van der Waals surface area contributed by atoms with Gasteiger partial charge in [0.25, 0.3) is 5.92 Å². The zero-order valence-corrected chi connectivity index (χ0v) is 13.7. The van der Waals surface area contributed by atoms with Crippen LogP contribution in [0.15, 0.2) is 36.5 Å². The van der Waals surface area contributed by atoms with Crippen molar-refractivity contribution in [2.75, 3.05) is 11.9 Å². The minimum absolute atomic E-state index is 0. The van der Waals surface area contributed by atoms with Crippen molar-refractivity contribution in [3.63, 3.8) is 0 Å². The van der Waals surface area contributed by atoms with Gasteiger partial charge in [0, 0.05) is 23.9 Å². The van der Waals surface area contributed by atoms with E-state index in [1.54, 1.807) is 6.20 Å². The van der Waals surface area contributed by atoms with Crippen LogP contribution in [-0.2, 0) is 11.2 Å². The Hall–Kier alpha value is -1.57. The van der Waals surface area contributed by atoms with Crippen molar-refractivity contribution < 1.29 is 13.6 Å². The van der Waals surface area contributed by atoms with Gasteiger partial charge in [-0.25, -0.2) is 13.8 Å². The Morgan fingerprint density at radius 1 is 1.39 bits per heavy atom. The SMILES string of the molecule is Cl.O=C(Nc1ncc(Cc2ccccc2)s1)C1CC(F)(F)CN1. The highest BCUT2D eigenvalue weighted by Gasteiger charge is 2.42. The molecule has 2 heterocycles. The Labute approximate surface area is 142 Å². The molecular weight excluding hydrogens is 344 g/mol. The number of aromatic nitrogens is 1. The van der Waals surface area contributed by atoms with E-state index in [0.717, 1.165) is 16.9 Å². The maximum Gasteiger partial charge on any atom is 0.262 e. The predicted molar refractivity (Wildman–Crippen MR) is 88.6 cm³/mol. The molecule has 1 unspecified atom stereocenters. The number of nitrogens with zero attached hydrogens (tertiary/aromatic N) is 1. The zero-order valence-electron chi connectivity index (χ0n) is 12.1. The summed E-state index contributed by atoms with van der Waals surface area (Å²) in [4.78, 5) is 17.1. The number of carbonyl (C=O) groups excluding carboxylic acids is 1. The third kappa shape index (κ3) is 4.70. The van der Waals surface area contributed by atoms with E-state index in [0.29, 0.717) is 5.13 Å². The van der Waals surface area contributed by atoms with Gasteiger partial charge in [-0.05, 0) is 5.56 Å². The monoisotopic (exact) mass is 359 g/mol. The molecule has 1 aromatic carbocycles. The maximum absolute atomic E-state index is 13.1. The van der Waals surface area contributed by atoms with Crippen LogP contribution in [0.4, 0.5) is 13.9 Å². The predicted octanol–water partition coefficient (Wildman–Crippen LogP) is 3.09. The van der Waals surface area contributed by atoms with Crippen LogP contribution in [-0.4, -0.2) is 29.4 Å². The third-order valence-corrected chi connectivity index (χ3v) is 4.34. The lowest BCUT2D eigenvalue weighted by atomic mass is 10.1. The van der Waals surface area contributed by atoms with Crippen molar-refractivity contribution in [1.82, 2.24) is 10.3 Å². The minimum atomic E-state index is -2.82. The number of benzene rings is 1. The summed E-state index contributed by atoms with van der Waals surface area (Å²) in [5, 5.41) is 5.57. The van der Waals surface area contributed by atoms with Crippen molar-refractivity contribution in [2.24, 2.45) is 0 Å². The second kappa shape index (κ2) is 7.33. The highest BCUT2D eigenvalue weighted by molar-refractivity contribution is 7.15. The van der Waals surface area contributed by atoms with Crippen LogP contribution in [0.5, 0.6) is 0 Å². The van der Waals surface area contributed by atoms with E-state index in [4.69, 9.17) is 0 Å². The molecule has 2 aromatic rings. The number of thiazole rings is 1. The number of nitrogens with one attached hydrogen (secondary N) is 2. The topological polar surface area (TPSA) is 54.0 Å². The lowest BCUT2D eigenvalue weighted by molar-refractivity contribution is -0.118. The summed E-state index contributed by atoms with van der Waals surface area (Å²) in [6.45, 7) is -0.456. The van der Waals surface area contributed by atoms with E-state index in [1.165, 1.54) is 11.3 Å². The molecule has 23 heavy (non-hydrogen) atoms. The van der Waals surface area contributed by atoms with Gasteiger partial charge in [-0.3, -0.25) is 10.1 Å². The van der Waals surface area contributed by atoms with E-state index >= 15 is 0 Å². The molecule has 1 atom stereocenters. The van der Waals surface area contributed by atoms with Gasteiger partial charge in [0.15, 0.2) is 5.13 Å². The van der Waals surface area contributed by atoms with Crippen molar-refractivity contribution in [2.45, 2.75) is 24.8 Å². The number of rotatable bonds is 4. The number of anilines is 1. The van der Waals surface area contributed by atoms with Crippen LogP contribution in [0.3, 0.4) is 0 Å². The summed E-state index contributed by atoms with van der Waals surface area (Å²) in [5.74, 6) is -3.28. The first-order chi connectivity index (χ1) is 10.5. The average molecular weight is 360 g/mol. The molecule has 1 saturated heterocycles. The summed E-state index contributed by atoms with van der Waals surface area (Å²) in [7, 11) is 0. The van der Waals surface area contributed by atoms with Crippen LogP contribution in [0.2, 0.25) is 0 Å². The molecule has 0 aliphatic carbocycles. The Kier molecular flexibility index (Phi) is 5.67. The highest BCUT2D eigenvalue weighted by atomic mass is 35.5. The lowest BCUT2D eigenvalue weighted by Gasteiger charge is -2.08. The molecule has 1 aliphatic heterocycles. The summed E-state index contributed by atoms with van der Waals surface area (Å²) in [6.07, 6.45) is 1.96. The molecule has 0 radical (unpaired) electrons. The normalized spacial score (nSPS) is 19.1. The number of carbonyl (C=O) groups is 1. The van der Waals surface area contributed by atoms with Crippen molar-refractivity contribution >= 4 is 34.8 Å². The number of alkyl halides is 2. The van der Waals surface area contributed by atoms with Gasteiger partial charge in [-0.1, -0.05) is 30.3 Å². The Morgan fingerprint density at radius 3 is 2.78 bits per heavy atom. The van der Waals surface area contributed by atoms with Crippen LogP contribution in [0.1, 0.15) is 16.9 Å². The van der Waals surface area contributed by atoms with Crippen molar-refractivity contribution in [1.29, 1.82) is 0 Å². The third-order valence-electron chi connectivity index (χ3n) is 3.43. The largest absolute Gasteiger partial charge is 0.301 e. The van der Waals surface area contributed by atoms with Gasteiger partial charge in [-0.15, -0.1) is 23.7 Å². The Balaban J connectivity index is 0.00000192. The molecule has 3 rings (SSSR count). The highest BCUT2D eigenvalue weighted by Crippen LogP contribution is 2.26. The smallest absolute Gasteiger partial charge is 0.262 e. The summed E-state index contributed by atoms with van der Waals surface area (Å²) >= 11 is 1.36. The molecule has 8 heteroatoms. The zero-order chi connectivity index (χ0) is 15.6. The molecule has 4 nitrogen and oxygen atoms in total. The Morgan fingerprint density at radius 2 is 2.13 bits per heavy atom. The molecule has 124 valence electrons. The molecule has 0 bridgehead atoms. The quantitative estimate of drug-likeness (QED) is 0.882. The lowest BCUT2D eigenvalue weighted by Crippen LogP contribution is -2.35. The molecule has 1 fully saturated rings. The number of halogens is 3. The first-order valence-electron chi connectivity index (χ1n) is 6.92. The number of amides is 1. The van der Waals surface area contributed by atoms with Gasteiger partial charge >= 0.3 is 0 Å². The van der Waals surface area contributed by atoms with E-state index < -0.39 is 30.8 Å². The van der Waals surface area contributed by atoms with Crippen LogP contribution < -0.4 is 10.6 Å². The van der Waals surface area contributed by atoms with Gasteiger partial charge in [0.05, 0.1) is 12.6 Å². The van der Waals surface area contributed by atoms with Crippen molar-refractivity contribution in [3.05, 3.63) is 47.0 Å². The van der Waals surface area contributed by atoms with Crippen LogP contribution in [0, 0.1) is 0 Å². The molecule has 1 aliphatic rings. The van der Waals surface area contributed by atoms with E-state index in [9.17, 15) is 13.6 Å². The fraction of sp³-hybridized carbons (Fsp3) is 0.333. The van der Waals surface area contributed by atoms with Gasteiger partial charge in [0.1, 0.15) is 0 Å². The van der Waals surface area contributed by atoms with Crippen LogP contribution in [0.25, 0.3) is 0 Å².